The number of aliphatic imine (C=N–C) groups is 1. The van der Waals surface area contributed by atoms with Gasteiger partial charge in [-0.15, -0.1) is 0 Å². The number of amides is 3. The highest BCUT2D eigenvalue weighted by atomic mass is 16.5. The molecule has 0 bridgehead atoms. The number of urea groups is 1. The molecule has 0 radical (unpaired) electrons. The molecule has 10 nitrogen and oxygen atoms in total. The van der Waals surface area contributed by atoms with Crippen molar-refractivity contribution in [2.45, 2.75) is 20.4 Å². The van der Waals surface area contributed by atoms with Crippen molar-refractivity contribution in [2.24, 2.45) is 4.99 Å². The van der Waals surface area contributed by atoms with Gasteiger partial charge in [0.1, 0.15) is 5.76 Å². The van der Waals surface area contributed by atoms with E-state index in [1.54, 1.807) is 0 Å². The van der Waals surface area contributed by atoms with E-state index in [9.17, 15) is 9.59 Å². The third-order valence-corrected chi connectivity index (χ3v) is 4.59. The van der Waals surface area contributed by atoms with E-state index >= 15 is 0 Å². The highest BCUT2D eigenvalue weighted by molar-refractivity contribution is 6.01. The van der Waals surface area contributed by atoms with Crippen molar-refractivity contribution in [1.29, 1.82) is 0 Å². The highest BCUT2D eigenvalue weighted by Gasteiger charge is 2.28. The molecule has 0 atom stereocenters. The van der Waals surface area contributed by atoms with Crippen molar-refractivity contribution in [2.75, 3.05) is 52.4 Å². The quantitative estimate of drug-likeness (QED) is 0.395. The van der Waals surface area contributed by atoms with Crippen LogP contribution in [-0.4, -0.2) is 90.1 Å². The van der Waals surface area contributed by atoms with Crippen LogP contribution in [0.1, 0.15) is 18.4 Å². The number of nitrogens with zero attached hydrogens (tertiary/aromatic N) is 5. The first kappa shape index (κ1) is 19.2. The van der Waals surface area contributed by atoms with Crippen molar-refractivity contribution >= 4 is 17.9 Å². The van der Waals surface area contributed by atoms with E-state index in [4.69, 9.17) is 4.52 Å². The number of piperazine rings is 1. The standard InChI is InChI=1S/C17H27N7O3/c1-3-18-16(19-4-5-24-15(25)11-20-17(24)26)23-8-6-22(7-9-23)12-14-10-13(2)27-21-14/h10H,3-9,11-12H2,1-2H3,(H,18,19)(H,20,26). The summed E-state index contributed by atoms with van der Waals surface area (Å²) in [5, 5.41) is 9.86. The number of aromatic nitrogens is 1. The minimum absolute atomic E-state index is 0.0790. The number of carbonyl (C=O) groups is 2. The molecule has 1 aromatic rings. The first-order valence-corrected chi connectivity index (χ1v) is 9.33. The predicted octanol–water partition coefficient (Wildman–Crippen LogP) is -0.382. The first-order chi connectivity index (χ1) is 13.1. The van der Waals surface area contributed by atoms with Crippen molar-refractivity contribution in [3.8, 4) is 0 Å². The average molecular weight is 377 g/mol. The van der Waals surface area contributed by atoms with Crippen LogP contribution in [0.3, 0.4) is 0 Å². The van der Waals surface area contributed by atoms with Gasteiger partial charge in [-0.1, -0.05) is 5.16 Å². The number of hydrogen-bond acceptors (Lipinski definition) is 6. The summed E-state index contributed by atoms with van der Waals surface area (Å²) in [7, 11) is 0. The number of hydrogen-bond donors (Lipinski definition) is 2. The molecule has 2 aliphatic rings. The number of guanidine groups is 1. The number of aryl methyl sites for hydroxylation is 1. The number of rotatable bonds is 6. The van der Waals surface area contributed by atoms with Crippen LogP contribution in [0.4, 0.5) is 4.79 Å². The van der Waals surface area contributed by atoms with Crippen molar-refractivity contribution in [3.63, 3.8) is 0 Å². The number of imide groups is 1. The Kier molecular flexibility index (Phi) is 6.28. The molecule has 2 aliphatic heterocycles. The minimum Gasteiger partial charge on any atom is -0.361 e. The van der Waals surface area contributed by atoms with Crippen LogP contribution in [0.15, 0.2) is 15.6 Å². The van der Waals surface area contributed by atoms with Crippen LogP contribution in [0.2, 0.25) is 0 Å². The molecule has 2 N–H and O–H groups in total. The lowest BCUT2D eigenvalue weighted by Gasteiger charge is -2.36. The van der Waals surface area contributed by atoms with E-state index in [1.807, 2.05) is 19.9 Å². The maximum absolute atomic E-state index is 11.6. The smallest absolute Gasteiger partial charge is 0.324 e. The minimum atomic E-state index is -0.336. The summed E-state index contributed by atoms with van der Waals surface area (Å²) < 4.78 is 5.13. The van der Waals surface area contributed by atoms with E-state index in [0.717, 1.165) is 56.7 Å². The van der Waals surface area contributed by atoms with Gasteiger partial charge in [0.25, 0.3) is 0 Å². The van der Waals surface area contributed by atoms with E-state index in [2.05, 4.69) is 30.6 Å². The Morgan fingerprint density at radius 3 is 2.70 bits per heavy atom. The zero-order chi connectivity index (χ0) is 19.2. The molecular weight excluding hydrogens is 350 g/mol. The summed E-state index contributed by atoms with van der Waals surface area (Å²) in [6, 6.07) is 1.63. The van der Waals surface area contributed by atoms with Gasteiger partial charge in [0.05, 0.1) is 25.3 Å². The van der Waals surface area contributed by atoms with Gasteiger partial charge in [-0.2, -0.15) is 0 Å². The maximum atomic E-state index is 11.6. The molecule has 27 heavy (non-hydrogen) atoms. The second kappa shape index (κ2) is 8.85. The van der Waals surface area contributed by atoms with Crippen LogP contribution >= 0.6 is 0 Å². The summed E-state index contributed by atoms with van der Waals surface area (Å²) in [4.78, 5) is 33.6. The molecule has 0 aliphatic carbocycles. The molecule has 2 fully saturated rings. The second-order valence-corrected chi connectivity index (χ2v) is 6.63. The van der Waals surface area contributed by atoms with Crippen LogP contribution in [0.25, 0.3) is 0 Å². The van der Waals surface area contributed by atoms with Gasteiger partial charge in [0.2, 0.25) is 5.91 Å². The van der Waals surface area contributed by atoms with Gasteiger partial charge >= 0.3 is 6.03 Å². The molecule has 148 valence electrons. The van der Waals surface area contributed by atoms with Crippen molar-refractivity contribution < 1.29 is 14.1 Å². The lowest BCUT2D eigenvalue weighted by atomic mass is 10.3. The maximum Gasteiger partial charge on any atom is 0.324 e. The fourth-order valence-electron chi connectivity index (χ4n) is 3.20. The normalized spacial score (nSPS) is 19.0. The van der Waals surface area contributed by atoms with Gasteiger partial charge in [0, 0.05) is 45.3 Å². The third-order valence-electron chi connectivity index (χ3n) is 4.59. The monoisotopic (exact) mass is 377 g/mol. The Bertz CT molecular complexity index is 678. The van der Waals surface area contributed by atoms with Gasteiger partial charge in [-0.25, -0.2) is 4.79 Å². The zero-order valence-corrected chi connectivity index (χ0v) is 15.9. The van der Waals surface area contributed by atoms with E-state index in [1.165, 1.54) is 4.90 Å². The van der Waals surface area contributed by atoms with Gasteiger partial charge in [0.15, 0.2) is 5.96 Å². The SMILES string of the molecule is CCNC(=NCCN1C(=O)CNC1=O)N1CCN(Cc2cc(C)on2)CC1. The van der Waals surface area contributed by atoms with Crippen LogP contribution in [-0.2, 0) is 11.3 Å². The number of carbonyl (C=O) groups excluding carboxylic acids is 2. The Morgan fingerprint density at radius 2 is 2.11 bits per heavy atom. The molecule has 3 rings (SSSR count). The molecule has 1 aromatic heterocycles. The molecule has 2 saturated heterocycles. The van der Waals surface area contributed by atoms with Crippen molar-refractivity contribution in [3.05, 3.63) is 17.5 Å². The molecule has 0 saturated carbocycles. The summed E-state index contributed by atoms with van der Waals surface area (Å²) >= 11 is 0. The lowest BCUT2D eigenvalue weighted by Crippen LogP contribution is -2.52. The van der Waals surface area contributed by atoms with E-state index in [-0.39, 0.29) is 18.5 Å². The van der Waals surface area contributed by atoms with Crippen molar-refractivity contribution in [1.82, 2.24) is 30.5 Å². The predicted molar refractivity (Wildman–Crippen MR) is 99.2 cm³/mol. The van der Waals surface area contributed by atoms with E-state index < -0.39 is 0 Å². The Morgan fingerprint density at radius 1 is 1.33 bits per heavy atom. The summed E-state index contributed by atoms with van der Waals surface area (Å²) in [5.74, 6) is 1.45. The molecular formula is C17H27N7O3. The van der Waals surface area contributed by atoms with Crippen LogP contribution < -0.4 is 10.6 Å². The average Bonchev–Trinajstić information content (AvgIpc) is 3.21. The fraction of sp³-hybridized carbons (Fsp3) is 0.647. The van der Waals surface area contributed by atoms with Gasteiger partial charge in [-0.05, 0) is 13.8 Å². The van der Waals surface area contributed by atoms with Crippen LogP contribution in [0.5, 0.6) is 0 Å². The van der Waals surface area contributed by atoms with E-state index in [0.29, 0.717) is 13.1 Å². The molecule has 0 aromatic carbocycles. The Labute approximate surface area is 158 Å². The molecule has 3 heterocycles. The number of nitrogens with one attached hydrogen (secondary N) is 2. The molecule has 0 unspecified atom stereocenters. The molecule has 3 amide bonds. The largest absolute Gasteiger partial charge is 0.361 e. The topological polar surface area (TPSA) is 106 Å². The first-order valence-electron chi connectivity index (χ1n) is 9.33. The zero-order valence-electron chi connectivity index (χ0n) is 15.9. The third kappa shape index (κ3) is 4.97. The lowest BCUT2D eigenvalue weighted by molar-refractivity contribution is -0.124. The Balaban J connectivity index is 1.49. The van der Waals surface area contributed by atoms with Crippen LogP contribution in [0, 0.1) is 6.92 Å². The Hall–Kier alpha value is -2.62. The van der Waals surface area contributed by atoms with Gasteiger partial charge < -0.3 is 20.1 Å². The second-order valence-electron chi connectivity index (χ2n) is 6.63. The summed E-state index contributed by atoms with van der Waals surface area (Å²) in [5.41, 5.74) is 0.954. The fourth-order valence-corrected chi connectivity index (χ4v) is 3.20. The molecule has 0 spiro atoms. The van der Waals surface area contributed by atoms with Gasteiger partial charge in [-0.3, -0.25) is 19.6 Å². The molecule has 10 heteroatoms. The summed E-state index contributed by atoms with van der Waals surface area (Å²) in [6.07, 6.45) is 0. The highest BCUT2D eigenvalue weighted by Crippen LogP contribution is 2.09. The summed E-state index contributed by atoms with van der Waals surface area (Å²) in [6.45, 7) is 9.75.